The zero-order valence-corrected chi connectivity index (χ0v) is 11.6. The van der Waals surface area contributed by atoms with Crippen molar-refractivity contribution in [2.45, 2.75) is 25.9 Å². The number of carboxylic acid groups (broad SMARTS) is 1. The first-order valence-electron chi connectivity index (χ1n) is 6.85. The van der Waals surface area contributed by atoms with Crippen molar-refractivity contribution < 1.29 is 14.7 Å². The molecule has 5 heteroatoms. The number of carbonyl (C=O) groups is 2. The minimum Gasteiger partial charge on any atom is -0.481 e. The predicted molar refractivity (Wildman–Crippen MR) is 75.1 cm³/mol. The van der Waals surface area contributed by atoms with Crippen LogP contribution in [-0.4, -0.2) is 41.0 Å². The van der Waals surface area contributed by atoms with E-state index >= 15 is 0 Å². The molecule has 2 atom stereocenters. The Bertz CT molecular complexity index is 475. The minimum atomic E-state index is -0.773. The van der Waals surface area contributed by atoms with Crippen molar-refractivity contribution in [3.8, 4) is 0 Å². The molecule has 1 aliphatic rings. The van der Waals surface area contributed by atoms with Crippen molar-refractivity contribution in [2.75, 3.05) is 13.1 Å². The molecular formula is C15H20N2O3. The molecule has 1 aromatic carbocycles. The maximum absolute atomic E-state index is 11.9. The monoisotopic (exact) mass is 276 g/mol. The number of benzene rings is 1. The second kappa shape index (κ2) is 6.52. The highest BCUT2D eigenvalue weighted by Crippen LogP contribution is 2.23. The summed E-state index contributed by atoms with van der Waals surface area (Å²) in [5.74, 6) is -1.20. The van der Waals surface area contributed by atoms with Crippen LogP contribution in [0.1, 0.15) is 18.9 Å². The van der Waals surface area contributed by atoms with E-state index in [0.717, 1.165) is 5.56 Å². The Morgan fingerprint density at radius 1 is 1.35 bits per heavy atom. The Labute approximate surface area is 118 Å². The average Bonchev–Trinajstić information content (AvgIpc) is 2.79. The van der Waals surface area contributed by atoms with Gasteiger partial charge in [0.25, 0.3) is 0 Å². The summed E-state index contributed by atoms with van der Waals surface area (Å²) in [5, 5.41) is 11.9. The van der Waals surface area contributed by atoms with Gasteiger partial charge in [0.1, 0.15) is 0 Å². The molecule has 5 nitrogen and oxygen atoms in total. The van der Waals surface area contributed by atoms with Crippen molar-refractivity contribution in [1.82, 2.24) is 10.2 Å². The van der Waals surface area contributed by atoms with Crippen LogP contribution in [0, 0.1) is 5.92 Å². The second-order valence-electron chi connectivity index (χ2n) is 5.21. The summed E-state index contributed by atoms with van der Waals surface area (Å²) >= 11 is 0. The first-order chi connectivity index (χ1) is 9.58. The quantitative estimate of drug-likeness (QED) is 0.845. The zero-order chi connectivity index (χ0) is 14.5. The van der Waals surface area contributed by atoms with Gasteiger partial charge in [-0.15, -0.1) is 0 Å². The molecule has 0 radical (unpaired) electrons. The second-order valence-corrected chi connectivity index (χ2v) is 5.21. The molecule has 1 aliphatic heterocycles. The van der Waals surface area contributed by atoms with Crippen molar-refractivity contribution >= 4 is 11.9 Å². The van der Waals surface area contributed by atoms with Gasteiger partial charge >= 0.3 is 5.97 Å². The molecule has 0 aromatic heterocycles. The zero-order valence-electron chi connectivity index (χ0n) is 11.6. The number of carbonyl (C=O) groups excluding carboxylic acids is 1. The molecule has 2 N–H and O–H groups in total. The van der Waals surface area contributed by atoms with Crippen molar-refractivity contribution in [3.63, 3.8) is 0 Å². The Morgan fingerprint density at radius 3 is 2.65 bits per heavy atom. The highest BCUT2D eigenvalue weighted by molar-refractivity contribution is 5.78. The molecule has 20 heavy (non-hydrogen) atoms. The van der Waals surface area contributed by atoms with Gasteiger partial charge in [-0.05, 0) is 25.5 Å². The highest BCUT2D eigenvalue weighted by Gasteiger charge is 2.36. The van der Waals surface area contributed by atoms with Gasteiger partial charge in [0.05, 0.1) is 12.5 Å². The number of nitrogens with one attached hydrogen (secondary N) is 1. The third-order valence-corrected chi connectivity index (χ3v) is 3.88. The van der Waals surface area contributed by atoms with Gasteiger partial charge in [0.15, 0.2) is 0 Å². The molecule has 108 valence electrons. The van der Waals surface area contributed by atoms with Crippen molar-refractivity contribution in [2.24, 2.45) is 5.92 Å². The molecule has 2 rings (SSSR count). The van der Waals surface area contributed by atoms with E-state index in [-0.39, 0.29) is 24.4 Å². The van der Waals surface area contributed by atoms with Crippen LogP contribution in [0.4, 0.5) is 0 Å². The first-order valence-corrected chi connectivity index (χ1v) is 6.85. The largest absolute Gasteiger partial charge is 0.481 e. The van der Waals surface area contributed by atoms with Crippen LogP contribution < -0.4 is 5.32 Å². The Hall–Kier alpha value is -1.88. The smallest absolute Gasteiger partial charge is 0.308 e. The summed E-state index contributed by atoms with van der Waals surface area (Å²) in [7, 11) is 0. The molecule has 1 aromatic rings. The van der Waals surface area contributed by atoms with Gasteiger partial charge in [0, 0.05) is 12.6 Å². The van der Waals surface area contributed by atoms with E-state index in [0.29, 0.717) is 19.5 Å². The lowest BCUT2D eigenvalue weighted by molar-refractivity contribution is -0.142. The number of rotatable bonds is 5. The van der Waals surface area contributed by atoms with E-state index in [1.165, 1.54) is 0 Å². The SMILES string of the molecule is CC1C(C(=O)O)CCN1CC(=O)NCc1ccccc1. The molecule has 1 fully saturated rings. The predicted octanol–water partition coefficient (Wildman–Crippen LogP) is 1.10. The molecule has 0 bridgehead atoms. The third kappa shape index (κ3) is 3.57. The maximum Gasteiger partial charge on any atom is 0.308 e. The van der Waals surface area contributed by atoms with Gasteiger partial charge in [-0.2, -0.15) is 0 Å². The van der Waals surface area contributed by atoms with E-state index in [1.54, 1.807) is 0 Å². The van der Waals surface area contributed by atoms with Crippen LogP contribution in [-0.2, 0) is 16.1 Å². The normalized spacial score (nSPS) is 22.6. The summed E-state index contributed by atoms with van der Waals surface area (Å²) < 4.78 is 0. The van der Waals surface area contributed by atoms with Gasteiger partial charge in [-0.25, -0.2) is 0 Å². The van der Waals surface area contributed by atoms with Crippen molar-refractivity contribution in [3.05, 3.63) is 35.9 Å². The number of amides is 1. The van der Waals surface area contributed by atoms with E-state index in [4.69, 9.17) is 5.11 Å². The summed E-state index contributed by atoms with van der Waals surface area (Å²) in [4.78, 5) is 24.9. The van der Waals surface area contributed by atoms with E-state index in [9.17, 15) is 9.59 Å². The molecule has 1 amide bonds. The van der Waals surface area contributed by atoms with Crippen LogP contribution in [0.3, 0.4) is 0 Å². The van der Waals surface area contributed by atoms with Crippen molar-refractivity contribution in [1.29, 1.82) is 0 Å². The van der Waals surface area contributed by atoms with E-state index < -0.39 is 5.97 Å². The highest BCUT2D eigenvalue weighted by atomic mass is 16.4. The molecule has 1 saturated heterocycles. The molecule has 0 saturated carbocycles. The third-order valence-electron chi connectivity index (χ3n) is 3.88. The Balaban J connectivity index is 1.79. The number of nitrogens with zero attached hydrogens (tertiary/aromatic N) is 1. The Morgan fingerprint density at radius 2 is 2.05 bits per heavy atom. The lowest BCUT2D eigenvalue weighted by Crippen LogP contribution is -2.40. The van der Waals surface area contributed by atoms with Crippen LogP contribution in [0.5, 0.6) is 0 Å². The summed E-state index contributed by atoms with van der Waals surface area (Å²) in [5.41, 5.74) is 1.05. The molecule has 0 aliphatic carbocycles. The topological polar surface area (TPSA) is 69.6 Å². The van der Waals surface area contributed by atoms with Crippen LogP contribution >= 0.6 is 0 Å². The van der Waals surface area contributed by atoms with Crippen LogP contribution in [0.25, 0.3) is 0 Å². The summed E-state index contributed by atoms with van der Waals surface area (Å²) in [6.07, 6.45) is 0.614. The number of hydrogen-bond donors (Lipinski definition) is 2. The van der Waals surface area contributed by atoms with Gasteiger partial charge < -0.3 is 10.4 Å². The van der Waals surface area contributed by atoms with Crippen LogP contribution in [0.15, 0.2) is 30.3 Å². The number of likely N-dealkylation sites (tertiary alicyclic amines) is 1. The first kappa shape index (κ1) is 14.5. The molecule has 2 unspecified atom stereocenters. The van der Waals surface area contributed by atoms with Gasteiger partial charge in [0.2, 0.25) is 5.91 Å². The Kier molecular flexibility index (Phi) is 4.74. The van der Waals surface area contributed by atoms with E-state index in [1.807, 2.05) is 42.2 Å². The average molecular weight is 276 g/mol. The van der Waals surface area contributed by atoms with Crippen LogP contribution in [0.2, 0.25) is 0 Å². The maximum atomic E-state index is 11.9. The van der Waals surface area contributed by atoms with E-state index in [2.05, 4.69) is 5.32 Å². The minimum absolute atomic E-state index is 0.0632. The lowest BCUT2D eigenvalue weighted by Gasteiger charge is -2.22. The number of aliphatic carboxylic acids is 1. The molecular weight excluding hydrogens is 256 g/mol. The fourth-order valence-corrected chi connectivity index (χ4v) is 2.59. The fourth-order valence-electron chi connectivity index (χ4n) is 2.59. The fraction of sp³-hybridized carbons (Fsp3) is 0.467. The summed E-state index contributed by atoms with van der Waals surface area (Å²) in [6.45, 7) is 3.30. The lowest BCUT2D eigenvalue weighted by atomic mass is 10.0. The molecule has 0 spiro atoms. The number of carboxylic acids is 1. The molecule has 1 heterocycles. The van der Waals surface area contributed by atoms with Gasteiger partial charge in [-0.3, -0.25) is 14.5 Å². The summed E-state index contributed by atoms with van der Waals surface area (Å²) in [6, 6.07) is 9.63. The number of hydrogen-bond acceptors (Lipinski definition) is 3. The standard InChI is InChI=1S/C15H20N2O3/c1-11-13(15(19)20)7-8-17(11)10-14(18)16-9-12-5-3-2-4-6-12/h2-6,11,13H,7-10H2,1H3,(H,16,18)(H,19,20). The van der Waals surface area contributed by atoms with Gasteiger partial charge in [-0.1, -0.05) is 30.3 Å².